The molecule has 0 bridgehead atoms. The maximum Gasteiger partial charge on any atom is 0.234 e. The van der Waals surface area contributed by atoms with Gasteiger partial charge in [-0.2, -0.15) is 0 Å². The van der Waals surface area contributed by atoms with Gasteiger partial charge in [-0.15, -0.1) is 0 Å². The third-order valence-corrected chi connectivity index (χ3v) is 2.97. The van der Waals surface area contributed by atoms with Crippen LogP contribution in [0.5, 0.6) is 0 Å². The molecule has 4 nitrogen and oxygen atoms in total. The lowest BCUT2D eigenvalue weighted by Crippen LogP contribution is -2.42. The largest absolute Gasteiger partial charge is 0.393 e. The van der Waals surface area contributed by atoms with E-state index in [2.05, 4.69) is 37.9 Å². The zero-order valence-electron chi connectivity index (χ0n) is 12.0. The maximum atomic E-state index is 11.8. The zero-order chi connectivity index (χ0) is 14.1. The van der Waals surface area contributed by atoms with Crippen LogP contribution in [0, 0.1) is 5.92 Å². The second-order valence-corrected chi connectivity index (χ2v) is 5.84. The second-order valence-electron chi connectivity index (χ2n) is 5.31. The summed E-state index contributed by atoms with van der Waals surface area (Å²) < 4.78 is 0. The van der Waals surface area contributed by atoms with Gasteiger partial charge in [-0.25, -0.2) is 0 Å². The number of amides is 1. The van der Waals surface area contributed by atoms with E-state index in [4.69, 9.17) is 18.0 Å². The summed E-state index contributed by atoms with van der Waals surface area (Å²) in [6, 6.07) is 0.315. The summed E-state index contributed by atoms with van der Waals surface area (Å²) in [5.74, 6) is 0.688. The minimum absolute atomic E-state index is 0.0762. The minimum atomic E-state index is 0.0762. The summed E-state index contributed by atoms with van der Waals surface area (Å²) >= 11 is 4.86. The molecule has 0 aliphatic heterocycles. The van der Waals surface area contributed by atoms with Crippen molar-refractivity contribution in [1.82, 2.24) is 10.2 Å². The molecule has 0 saturated heterocycles. The maximum absolute atomic E-state index is 11.8. The number of carbonyl (C=O) groups excluding carboxylic acids is 1. The molecule has 0 radical (unpaired) electrons. The van der Waals surface area contributed by atoms with Crippen LogP contribution in [0.4, 0.5) is 0 Å². The summed E-state index contributed by atoms with van der Waals surface area (Å²) in [6.07, 6.45) is 1.67. The van der Waals surface area contributed by atoms with Crippen molar-refractivity contribution in [3.63, 3.8) is 0 Å². The summed E-state index contributed by atoms with van der Waals surface area (Å²) in [5, 5.41) is 2.94. The second kappa shape index (κ2) is 9.28. The molecule has 0 unspecified atom stereocenters. The van der Waals surface area contributed by atoms with Crippen LogP contribution < -0.4 is 11.1 Å². The molecule has 0 fully saturated rings. The van der Waals surface area contributed by atoms with Gasteiger partial charge in [0.15, 0.2) is 0 Å². The molecule has 0 saturated carbocycles. The van der Waals surface area contributed by atoms with Crippen LogP contribution in [0.2, 0.25) is 0 Å². The van der Waals surface area contributed by atoms with Gasteiger partial charge in [-0.1, -0.05) is 26.1 Å². The van der Waals surface area contributed by atoms with Gasteiger partial charge in [-0.05, 0) is 26.2 Å². The van der Waals surface area contributed by atoms with E-state index in [1.54, 1.807) is 0 Å². The third kappa shape index (κ3) is 9.36. The summed E-state index contributed by atoms with van der Waals surface area (Å²) in [7, 11) is 0. The number of hydrogen-bond acceptors (Lipinski definition) is 3. The Morgan fingerprint density at radius 1 is 1.33 bits per heavy atom. The lowest BCUT2D eigenvalue weighted by molar-refractivity contribution is -0.122. The Morgan fingerprint density at radius 3 is 2.39 bits per heavy atom. The Morgan fingerprint density at radius 2 is 1.94 bits per heavy atom. The highest BCUT2D eigenvalue weighted by atomic mass is 32.1. The third-order valence-electron chi connectivity index (χ3n) is 2.77. The highest BCUT2D eigenvalue weighted by Gasteiger charge is 2.13. The van der Waals surface area contributed by atoms with Crippen molar-refractivity contribution in [3.8, 4) is 0 Å². The fraction of sp³-hybridized carbons (Fsp3) is 0.846. The zero-order valence-corrected chi connectivity index (χ0v) is 12.8. The van der Waals surface area contributed by atoms with Crippen LogP contribution in [0.25, 0.3) is 0 Å². The van der Waals surface area contributed by atoms with Crippen molar-refractivity contribution < 1.29 is 4.79 Å². The van der Waals surface area contributed by atoms with Crippen LogP contribution in [-0.2, 0) is 4.79 Å². The lowest BCUT2D eigenvalue weighted by Gasteiger charge is -2.25. The van der Waals surface area contributed by atoms with Gasteiger partial charge in [0, 0.05) is 25.6 Å². The smallest absolute Gasteiger partial charge is 0.234 e. The SMILES string of the molecule is CC(C)CCNC(=O)CN(CCC(N)=S)C(C)C. The molecule has 18 heavy (non-hydrogen) atoms. The standard InChI is InChI=1S/C13H27N3OS/c1-10(2)5-7-15-13(17)9-16(11(3)4)8-6-12(14)18/h10-11H,5-9H2,1-4H3,(H2,14,18)(H,15,17). The summed E-state index contributed by atoms with van der Waals surface area (Å²) in [5.41, 5.74) is 5.49. The Labute approximate surface area is 116 Å². The minimum Gasteiger partial charge on any atom is -0.393 e. The average Bonchev–Trinajstić information content (AvgIpc) is 2.22. The Balaban J connectivity index is 4.00. The van der Waals surface area contributed by atoms with E-state index in [-0.39, 0.29) is 5.91 Å². The van der Waals surface area contributed by atoms with E-state index in [1.807, 2.05) is 0 Å². The van der Waals surface area contributed by atoms with Crippen LogP contribution in [0.15, 0.2) is 0 Å². The van der Waals surface area contributed by atoms with Crippen LogP contribution in [0.3, 0.4) is 0 Å². The van der Waals surface area contributed by atoms with Gasteiger partial charge >= 0.3 is 0 Å². The lowest BCUT2D eigenvalue weighted by atomic mass is 10.1. The molecular formula is C13H27N3OS. The first-order chi connectivity index (χ1) is 8.32. The highest BCUT2D eigenvalue weighted by Crippen LogP contribution is 2.00. The van der Waals surface area contributed by atoms with Crippen LogP contribution >= 0.6 is 12.2 Å². The number of nitrogens with zero attached hydrogens (tertiary/aromatic N) is 1. The first kappa shape index (κ1) is 17.3. The van der Waals surface area contributed by atoms with E-state index in [0.29, 0.717) is 29.9 Å². The van der Waals surface area contributed by atoms with E-state index in [0.717, 1.165) is 19.5 Å². The molecule has 1 amide bonds. The number of nitrogens with one attached hydrogen (secondary N) is 1. The normalized spacial score (nSPS) is 11.3. The molecule has 0 heterocycles. The molecule has 0 aliphatic carbocycles. The van der Waals surface area contributed by atoms with Gasteiger partial charge in [0.2, 0.25) is 5.91 Å². The first-order valence-corrected chi connectivity index (χ1v) is 7.02. The van der Waals surface area contributed by atoms with Crippen LogP contribution in [-0.4, -0.2) is 41.5 Å². The fourth-order valence-corrected chi connectivity index (χ4v) is 1.61. The molecule has 5 heteroatoms. The van der Waals surface area contributed by atoms with Gasteiger partial charge < -0.3 is 11.1 Å². The first-order valence-electron chi connectivity index (χ1n) is 6.62. The number of carbonyl (C=O) groups is 1. The van der Waals surface area contributed by atoms with Gasteiger partial charge in [0.1, 0.15) is 0 Å². The highest BCUT2D eigenvalue weighted by molar-refractivity contribution is 7.80. The van der Waals surface area contributed by atoms with Gasteiger partial charge in [-0.3, -0.25) is 9.69 Å². The summed E-state index contributed by atoms with van der Waals surface area (Å²) in [4.78, 5) is 14.4. The van der Waals surface area contributed by atoms with Crippen molar-refractivity contribution in [1.29, 1.82) is 0 Å². The number of rotatable bonds is 9. The Bertz CT molecular complexity index is 267. The topological polar surface area (TPSA) is 58.4 Å². The van der Waals surface area contributed by atoms with Crippen molar-refractivity contribution in [2.24, 2.45) is 11.7 Å². The predicted molar refractivity (Wildman–Crippen MR) is 80.6 cm³/mol. The Hall–Kier alpha value is -0.680. The van der Waals surface area contributed by atoms with Crippen molar-refractivity contribution in [2.45, 2.75) is 46.6 Å². The monoisotopic (exact) mass is 273 g/mol. The quantitative estimate of drug-likeness (QED) is 0.626. The molecule has 0 aromatic carbocycles. The van der Waals surface area contributed by atoms with E-state index < -0.39 is 0 Å². The number of nitrogens with two attached hydrogens (primary N) is 1. The molecule has 0 aromatic rings. The molecule has 0 atom stereocenters. The predicted octanol–water partition coefficient (Wildman–Crippen LogP) is 1.54. The number of thiocarbonyl (C=S) groups is 1. The van der Waals surface area contributed by atoms with E-state index in [9.17, 15) is 4.79 Å². The molecule has 106 valence electrons. The molecule has 0 rings (SSSR count). The molecule has 3 N–H and O–H groups in total. The summed E-state index contributed by atoms with van der Waals surface area (Å²) in [6.45, 7) is 10.3. The Kier molecular flexibility index (Phi) is 8.93. The number of hydrogen-bond donors (Lipinski definition) is 2. The molecule has 0 spiro atoms. The van der Waals surface area contributed by atoms with Crippen molar-refractivity contribution in [2.75, 3.05) is 19.6 Å². The van der Waals surface area contributed by atoms with Crippen molar-refractivity contribution in [3.05, 3.63) is 0 Å². The van der Waals surface area contributed by atoms with Gasteiger partial charge in [0.25, 0.3) is 0 Å². The van der Waals surface area contributed by atoms with E-state index in [1.165, 1.54) is 0 Å². The average molecular weight is 273 g/mol. The molecule has 0 aliphatic rings. The van der Waals surface area contributed by atoms with E-state index >= 15 is 0 Å². The van der Waals surface area contributed by atoms with Crippen molar-refractivity contribution >= 4 is 23.1 Å². The fourth-order valence-electron chi connectivity index (χ4n) is 1.51. The van der Waals surface area contributed by atoms with Crippen LogP contribution in [0.1, 0.15) is 40.5 Å². The molecule has 0 aromatic heterocycles. The molecular weight excluding hydrogens is 246 g/mol. The van der Waals surface area contributed by atoms with Gasteiger partial charge in [0.05, 0.1) is 11.5 Å².